The Bertz CT molecular complexity index is 1670. The standard InChI is InChI=1S/C31H27N5O3S/c37-28-26(34-20-7-2-1-3-8-20)27(29(28)38)35-21-9-6-10-22(17-21)36-31(39)30-25(14-16-40-30)33-18-19-13-15-32-24-12-5-4-11-23(19)24/h1-17,26-27,29,33-35,38H,18H2,(H,36,39). The van der Waals surface area contributed by atoms with Crippen LogP contribution in [-0.4, -0.2) is 40.0 Å². The van der Waals surface area contributed by atoms with Crippen LogP contribution in [0.2, 0.25) is 0 Å². The second kappa shape index (κ2) is 11.2. The first-order valence-corrected chi connectivity index (χ1v) is 13.8. The van der Waals surface area contributed by atoms with E-state index in [-0.39, 0.29) is 11.7 Å². The minimum atomic E-state index is -1.11. The molecule has 3 atom stereocenters. The van der Waals surface area contributed by atoms with E-state index >= 15 is 0 Å². The molecular weight excluding hydrogens is 522 g/mol. The van der Waals surface area contributed by atoms with Gasteiger partial charge in [-0.3, -0.25) is 14.6 Å². The highest BCUT2D eigenvalue weighted by Gasteiger charge is 2.49. The molecule has 1 saturated carbocycles. The molecule has 3 unspecified atom stereocenters. The Hall–Kier alpha value is -4.73. The Kier molecular flexibility index (Phi) is 7.13. The molecule has 0 bridgehead atoms. The number of anilines is 4. The van der Waals surface area contributed by atoms with Crippen LogP contribution in [0.5, 0.6) is 0 Å². The number of benzene rings is 3. The molecule has 1 amide bonds. The van der Waals surface area contributed by atoms with Crippen molar-refractivity contribution in [3.05, 3.63) is 113 Å². The molecule has 200 valence electrons. The van der Waals surface area contributed by atoms with Gasteiger partial charge in [-0.25, -0.2) is 0 Å². The van der Waals surface area contributed by atoms with Gasteiger partial charge < -0.3 is 26.4 Å². The number of pyridine rings is 1. The number of nitrogens with zero attached hydrogens (tertiary/aromatic N) is 1. The van der Waals surface area contributed by atoms with Gasteiger partial charge >= 0.3 is 0 Å². The SMILES string of the molecule is O=C(Nc1cccc(NC2C(O)C(=O)C2Nc2ccccc2)c1)c1sccc1NCc1ccnc2ccccc12. The van der Waals surface area contributed by atoms with Gasteiger partial charge in [-0.15, -0.1) is 11.3 Å². The number of Topliss-reactive ketones (excluding diaryl/α,β-unsaturated/α-hetero) is 1. The van der Waals surface area contributed by atoms with Gasteiger partial charge in [0.15, 0.2) is 5.78 Å². The molecule has 3 aromatic carbocycles. The summed E-state index contributed by atoms with van der Waals surface area (Å²) in [6.45, 7) is 0.556. The van der Waals surface area contributed by atoms with E-state index in [1.165, 1.54) is 11.3 Å². The van der Waals surface area contributed by atoms with Crippen molar-refractivity contribution in [2.75, 3.05) is 21.3 Å². The van der Waals surface area contributed by atoms with E-state index in [9.17, 15) is 14.7 Å². The maximum absolute atomic E-state index is 13.2. The van der Waals surface area contributed by atoms with Crippen molar-refractivity contribution in [3.8, 4) is 0 Å². The molecule has 2 aromatic heterocycles. The zero-order chi connectivity index (χ0) is 27.5. The number of aliphatic hydroxyl groups is 1. The van der Waals surface area contributed by atoms with Crippen molar-refractivity contribution in [3.63, 3.8) is 0 Å². The molecule has 0 aliphatic heterocycles. The molecule has 5 aromatic rings. The Morgan fingerprint density at radius 2 is 1.65 bits per heavy atom. The van der Waals surface area contributed by atoms with Crippen molar-refractivity contribution in [1.29, 1.82) is 0 Å². The molecule has 0 spiro atoms. The van der Waals surface area contributed by atoms with E-state index < -0.39 is 18.2 Å². The van der Waals surface area contributed by atoms with Crippen LogP contribution in [0.1, 0.15) is 15.2 Å². The van der Waals surface area contributed by atoms with E-state index in [0.717, 1.165) is 27.8 Å². The summed E-state index contributed by atoms with van der Waals surface area (Å²) in [5.74, 6) is -0.486. The fourth-order valence-electron chi connectivity index (χ4n) is 4.83. The predicted molar refractivity (Wildman–Crippen MR) is 160 cm³/mol. The molecule has 6 rings (SSSR count). The number of fused-ring (bicyclic) bond motifs is 1. The maximum Gasteiger partial charge on any atom is 0.267 e. The number of carbonyl (C=O) groups excluding carboxylic acids is 2. The van der Waals surface area contributed by atoms with Gasteiger partial charge in [0.05, 0.1) is 17.2 Å². The molecule has 0 saturated heterocycles. The molecule has 1 fully saturated rings. The lowest BCUT2D eigenvalue weighted by molar-refractivity contribution is -0.137. The summed E-state index contributed by atoms with van der Waals surface area (Å²) < 4.78 is 0. The monoisotopic (exact) mass is 549 g/mol. The number of ketones is 1. The summed E-state index contributed by atoms with van der Waals surface area (Å²) in [5.41, 5.74) is 4.87. The molecule has 5 N–H and O–H groups in total. The third-order valence-electron chi connectivity index (χ3n) is 6.93. The summed E-state index contributed by atoms with van der Waals surface area (Å²) in [4.78, 5) is 30.5. The average molecular weight is 550 g/mol. The Morgan fingerprint density at radius 1 is 0.875 bits per heavy atom. The van der Waals surface area contributed by atoms with Crippen LogP contribution in [0, 0.1) is 0 Å². The summed E-state index contributed by atoms with van der Waals surface area (Å²) in [7, 11) is 0. The van der Waals surface area contributed by atoms with Crippen molar-refractivity contribution in [1.82, 2.24) is 4.98 Å². The summed E-state index contributed by atoms with van der Waals surface area (Å²) in [6.07, 6.45) is 0.678. The lowest BCUT2D eigenvalue weighted by Gasteiger charge is -2.41. The van der Waals surface area contributed by atoms with Crippen molar-refractivity contribution < 1.29 is 14.7 Å². The Labute approximate surface area is 235 Å². The summed E-state index contributed by atoms with van der Waals surface area (Å²) in [6, 6.07) is 27.4. The van der Waals surface area contributed by atoms with Crippen LogP contribution in [0.3, 0.4) is 0 Å². The van der Waals surface area contributed by atoms with Crippen LogP contribution < -0.4 is 21.3 Å². The number of aliphatic hydroxyl groups excluding tert-OH is 1. The lowest BCUT2D eigenvalue weighted by Crippen LogP contribution is -2.67. The summed E-state index contributed by atoms with van der Waals surface area (Å²) in [5, 5.41) is 26.1. The van der Waals surface area contributed by atoms with E-state index in [1.807, 2.05) is 84.2 Å². The van der Waals surface area contributed by atoms with Gasteiger partial charge in [0.25, 0.3) is 5.91 Å². The first kappa shape index (κ1) is 25.5. The second-order valence-corrected chi connectivity index (χ2v) is 10.5. The average Bonchev–Trinajstić information content (AvgIpc) is 3.47. The van der Waals surface area contributed by atoms with Crippen LogP contribution >= 0.6 is 11.3 Å². The largest absolute Gasteiger partial charge is 0.383 e. The van der Waals surface area contributed by atoms with Gasteiger partial charge in [0.2, 0.25) is 0 Å². The number of aromatic nitrogens is 1. The molecule has 2 heterocycles. The minimum Gasteiger partial charge on any atom is -0.383 e. The lowest BCUT2D eigenvalue weighted by atomic mass is 9.81. The van der Waals surface area contributed by atoms with Crippen molar-refractivity contribution >= 4 is 56.7 Å². The van der Waals surface area contributed by atoms with Gasteiger partial charge in [-0.1, -0.05) is 42.5 Å². The Morgan fingerprint density at radius 3 is 2.52 bits per heavy atom. The van der Waals surface area contributed by atoms with Crippen molar-refractivity contribution in [2.45, 2.75) is 24.7 Å². The molecule has 1 aliphatic carbocycles. The highest BCUT2D eigenvalue weighted by molar-refractivity contribution is 7.12. The molecular formula is C31H27N5O3S. The maximum atomic E-state index is 13.2. The number of thiophene rings is 1. The van der Waals surface area contributed by atoms with E-state index in [1.54, 1.807) is 18.3 Å². The molecule has 1 aliphatic rings. The minimum absolute atomic E-state index is 0.225. The molecule has 40 heavy (non-hydrogen) atoms. The number of hydrogen-bond donors (Lipinski definition) is 5. The van der Waals surface area contributed by atoms with Gasteiger partial charge in [-0.05, 0) is 59.5 Å². The quantitative estimate of drug-likeness (QED) is 0.168. The number of carbonyl (C=O) groups is 2. The number of para-hydroxylation sites is 2. The number of amides is 1. The first-order chi connectivity index (χ1) is 19.6. The van der Waals surface area contributed by atoms with E-state index in [0.29, 0.717) is 22.8 Å². The summed E-state index contributed by atoms with van der Waals surface area (Å²) >= 11 is 1.36. The van der Waals surface area contributed by atoms with Gasteiger partial charge in [0.1, 0.15) is 17.0 Å². The van der Waals surface area contributed by atoms with Crippen LogP contribution in [0.15, 0.2) is 103 Å². The highest BCUT2D eigenvalue weighted by Crippen LogP contribution is 2.28. The first-order valence-electron chi connectivity index (χ1n) is 12.9. The fourth-order valence-corrected chi connectivity index (χ4v) is 5.60. The van der Waals surface area contributed by atoms with Gasteiger partial charge in [0, 0.05) is 35.2 Å². The molecule has 9 heteroatoms. The molecule has 0 radical (unpaired) electrons. The zero-order valence-electron chi connectivity index (χ0n) is 21.4. The third-order valence-corrected chi connectivity index (χ3v) is 7.84. The van der Waals surface area contributed by atoms with E-state index in [4.69, 9.17) is 0 Å². The number of hydrogen-bond acceptors (Lipinski definition) is 8. The Balaban J connectivity index is 1.11. The highest BCUT2D eigenvalue weighted by atomic mass is 32.1. The van der Waals surface area contributed by atoms with Gasteiger partial charge in [-0.2, -0.15) is 0 Å². The van der Waals surface area contributed by atoms with E-state index in [2.05, 4.69) is 26.3 Å². The predicted octanol–water partition coefficient (Wildman–Crippen LogP) is 5.37. The third kappa shape index (κ3) is 5.25. The zero-order valence-corrected chi connectivity index (χ0v) is 22.2. The number of rotatable bonds is 9. The van der Waals surface area contributed by atoms with Crippen LogP contribution in [0.4, 0.5) is 22.7 Å². The normalized spacial score (nSPS) is 18.1. The van der Waals surface area contributed by atoms with Crippen LogP contribution in [-0.2, 0) is 11.3 Å². The molecule has 8 nitrogen and oxygen atoms in total. The smallest absolute Gasteiger partial charge is 0.267 e. The topological polar surface area (TPSA) is 115 Å². The van der Waals surface area contributed by atoms with Crippen molar-refractivity contribution in [2.24, 2.45) is 0 Å². The fraction of sp³-hybridized carbons (Fsp3) is 0.129. The second-order valence-electron chi connectivity index (χ2n) is 9.54. The van der Waals surface area contributed by atoms with Crippen LogP contribution in [0.25, 0.3) is 10.9 Å². The number of nitrogens with one attached hydrogen (secondary N) is 4.